The van der Waals surface area contributed by atoms with Crippen molar-refractivity contribution < 1.29 is 14.3 Å². The van der Waals surface area contributed by atoms with E-state index in [0.717, 1.165) is 5.76 Å². The molecule has 3 nitrogen and oxygen atoms in total. The molecule has 1 aromatic heterocycles. The van der Waals surface area contributed by atoms with E-state index < -0.39 is 6.10 Å². The van der Waals surface area contributed by atoms with Crippen molar-refractivity contribution in [1.82, 2.24) is 0 Å². The Kier molecular flexibility index (Phi) is 2.68. The fourth-order valence-corrected chi connectivity index (χ4v) is 0.839. The molecule has 0 aliphatic heterocycles. The number of methoxy groups -OCH3 is 1. The fraction of sp³-hybridized carbons (Fsp3) is 0.500. The first-order valence-corrected chi connectivity index (χ1v) is 3.49. The van der Waals surface area contributed by atoms with Crippen molar-refractivity contribution in [3.8, 4) is 0 Å². The lowest BCUT2D eigenvalue weighted by molar-refractivity contribution is 0.141. The predicted molar refractivity (Wildman–Crippen MR) is 40.1 cm³/mol. The van der Waals surface area contributed by atoms with E-state index in [1.807, 2.05) is 0 Å². The number of ether oxygens (including phenoxy) is 1. The van der Waals surface area contributed by atoms with Crippen LogP contribution in [0.5, 0.6) is 0 Å². The van der Waals surface area contributed by atoms with Gasteiger partial charge in [0.05, 0.1) is 0 Å². The first-order chi connectivity index (χ1) is 5.24. The summed E-state index contributed by atoms with van der Waals surface area (Å²) >= 11 is 0. The molecule has 1 N–H and O–H groups in total. The van der Waals surface area contributed by atoms with Gasteiger partial charge in [-0.15, -0.1) is 0 Å². The maximum Gasteiger partial charge on any atom is 0.132 e. The number of rotatable bonds is 3. The molecular weight excluding hydrogens is 144 g/mol. The van der Waals surface area contributed by atoms with Gasteiger partial charge in [0, 0.05) is 7.11 Å². The minimum absolute atomic E-state index is 0.451. The third-order valence-corrected chi connectivity index (χ3v) is 1.38. The van der Waals surface area contributed by atoms with Crippen LogP contribution in [0.3, 0.4) is 0 Å². The summed E-state index contributed by atoms with van der Waals surface area (Å²) in [5, 5.41) is 9.07. The zero-order valence-corrected chi connectivity index (χ0v) is 6.70. The highest BCUT2D eigenvalue weighted by molar-refractivity contribution is 5.07. The van der Waals surface area contributed by atoms with E-state index in [2.05, 4.69) is 0 Å². The second-order valence-corrected chi connectivity index (χ2v) is 2.41. The van der Waals surface area contributed by atoms with E-state index in [0.29, 0.717) is 12.4 Å². The Hall–Kier alpha value is -0.800. The Morgan fingerprint density at radius 1 is 1.64 bits per heavy atom. The first kappa shape index (κ1) is 8.30. The van der Waals surface area contributed by atoms with Crippen LogP contribution in [0.25, 0.3) is 0 Å². The van der Waals surface area contributed by atoms with E-state index in [1.54, 1.807) is 26.2 Å². The molecule has 0 aliphatic rings. The van der Waals surface area contributed by atoms with Gasteiger partial charge in [-0.1, -0.05) is 0 Å². The average Bonchev–Trinajstić information content (AvgIpc) is 2.37. The molecule has 0 saturated carbocycles. The lowest BCUT2D eigenvalue weighted by atomic mass is 10.3. The van der Waals surface area contributed by atoms with Crippen molar-refractivity contribution in [1.29, 1.82) is 0 Å². The van der Waals surface area contributed by atoms with E-state index in [1.165, 1.54) is 0 Å². The second-order valence-electron chi connectivity index (χ2n) is 2.41. The van der Waals surface area contributed by atoms with E-state index in [-0.39, 0.29) is 0 Å². The predicted octanol–water partition coefficient (Wildman–Crippen LogP) is 1.48. The summed E-state index contributed by atoms with van der Waals surface area (Å²) in [6.45, 7) is 2.11. The maximum atomic E-state index is 9.07. The molecule has 1 atom stereocenters. The molecular formula is C8H12O3. The molecule has 0 radical (unpaired) electrons. The largest absolute Gasteiger partial charge is 0.461 e. The van der Waals surface area contributed by atoms with Crippen LogP contribution in [-0.4, -0.2) is 12.2 Å². The molecule has 0 spiro atoms. The van der Waals surface area contributed by atoms with Gasteiger partial charge in [0.2, 0.25) is 0 Å². The molecule has 0 saturated heterocycles. The molecule has 1 aromatic rings. The van der Waals surface area contributed by atoms with Crippen LogP contribution in [0, 0.1) is 0 Å². The molecule has 0 aliphatic carbocycles. The van der Waals surface area contributed by atoms with Gasteiger partial charge >= 0.3 is 0 Å². The summed E-state index contributed by atoms with van der Waals surface area (Å²) in [7, 11) is 1.60. The van der Waals surface area contributed by atoms with Crippen LogP contribution in [-0.2, 0) is 11.3 Å². The van der Waals surface area contributed by atoms with Gasteiger partial charge < -0.3 is 14.3 Å². The van der Waals surface area contributed by atoms with Gasteiger partial charge in [-0.05, 0) is 19.1 Å². The van der Waals surface area contributed by atoms with Crippen molar-refractivity contribution in [3.63, 3.8) is 0 Å². The standard InChI is InChI=1S/C8H12O3/c1-6(9)8-4-3-7(11-8)5-10-2/h3-4,6,9H,5H2,1-2H3/t6-/m1/s1. The van der Waals surface area contributed by atoms with Crippen molar-refractivity contribution in [2.24, 2.45) is 0 Å². The Labute approximate surface area is 65.6 Å². The Balaban J connectivity index is 2.66. The molecule has 0 unspecified atom stereocenters. The fourth-order valence-electron chi connectivity index (χ4n) is 0.839. The van der Waals surface area contributed by atoms with Crippen LogP contribution in [0.15, 0.2) is 16.5 Å². The first-order valence-electron chi connectivity index (χ1n) is 3.49. The number of hydrogen-bond donors (Lipinski definition) is 1. The van der Waals surface area contributed by atoms with E-state index in [4.69, 9.17) is 14.3 Å². The summed E-state index contributed by atoms with van der Waals surface area (Å²) in [6.07, 6.45) is -0.541. The van der Waals surface area contributed by atoms with E-state index >= 15 is 0 Å². The van der Waals surface area contributed by atoms with Crippen molar-refractivity contribution in [3.05, 3.63) is 23.7 Å². The van der Waals surface area contributed by atoms with Gasteiger partial charge in [-0.25, -0.2) is 0 Å². The Morgan fingerprint density at radius 3 is 2.82 bits per heavy atom. The SMILES string of the molecule is COCc1ccc([C@@H](C)O)o1. The monoisotopic (exact) mass is 156 g/mol. The van der Waals surface area contributed by atoms with Crippen LogP contribution >= 0.6 is 0 Å². The number of aliphatic hydroxyl groups is 1. The molecule has 0 fully saturated rings. The van der Waals surface area contributed by atoms with Gasteiger partial charge in [0.15, 0.2) is 0 Å². The Morgan fingerprint density at radius 2 is 2.36 bits per heavy atom. The molecule has 0 amide bonds. The van der Waals surface area contributed by atoms with Crippen LogP contribution in [0.4, 0.5) is 0 Å². The summed E-state index contributed by atoms with van der Waals surface area (Å²) in [5.41, 5.74) is 0. The van der Waals surface area contributed by atoms with Gasteiger partial charge in [0.1, 0.15) is 24.2 Å². The van der Waals surface area contributed by atoms with Crippen LogP contribution in [0.1, 0.15) is 24.5 Å². The number of hydrogen-bond acceptors (Lipinski definition) is 3. The Bertz CT molecular complexity index is 215. The highest BCUT2D eigenvalue weighted by atomic mass is 16.5. The maximum absolute atomic E-state index is 9.07. The quantitative estimate of drug-likeness (QED) is 0.720. The van der Waals surface area contributed by atoms with Gasteiger partial charge in [0.25, 0.3) is 0 Å². The lowest BCUT2D eigenvalue weighted by Gasteiger charge is -1.97. The molecule has 0 bridgehead atoms. The zero-order chi connectivity index (χ0) is 8.27. The third-order valence-electron chi connectivity index (χ3n) is 1.38. The molecule has 0 aromatic carbocycles. The smallest absolute Gasteiger partial charge is 0.132 e. The molecule has 3 heteroatoms. The highest BCUT2D eigenvalue weighted by Gasteiger charge is 2.05. The average molecular weight is 156 g/mol. The van der Waals surface area contributed by atoms with Crippen molar-refractivity contribution in [2.45, 2.75) is 19.6 Å². The topological polar surface area (TPSA) is 42.6 Å². The zero-order valence-electron chi connectivity index (χ0n) is 6.70. The van der Waals surface area contributed by atoms with E-state index in [9.17, 15) is 0 Å². The number of furan rings is 1. The minimum atomic E-state index is -0.541. The highest BCUT2D eigenvalue weighted by Crippen LogP contribution is 2.15. The van der Waals surface area contributed by atoms with Crippen LogP contribution < -0.4 is 0 Å². The lowest BCUT2D eigenvalue weighted by Crippen LogP contribution is -1.87. The molecule has 1 heterocycles. The summed E-state index contributed by atoms with van der Waals surface area (Å²) < 4.78 is 10.1. The molecule has 62 valence electrons. The summed E-state index contributed by atoms with van der Waals surface area (Å²) in [5.74, 6) is 1.32. The number of aliphatic hydroxyl groups excluding tert-OH is 1. The minimum Gasteiger partial charge on any atom is -0.461 e. The van der Waals surface area contributed by atoms with Crippen molar-refractivity contribution in [2.75, 3.05) is 7.11 Å². The van der Waals surface area contributed by atoms with Gasteiger partial charge in [-0.2, -0.15) is 0 Å². The molecule has 1 rings (SSSR count). The molecule has 11 heavy (non-hydrogen) atoms. The van der Waals surface area contributed by atoms with Crippen LogP contribution in [0.2, 0.25) is 0 Å². The van der Waals surface area contributed by atoms with Gasteiger partial charge in [-0.3, -0.25) is 0 Å². The third kappa shape index (κ3) is 2.06. The summed E-state index contributed by atoms with van der Waals surface area (Å²) in [4.78, 5) is 0. The second kappa shape index (κ2) is 3.55. The van der Waals surface area contributed by atoms with Crippen molar-refractivity contribution >= 4 is 0 Å². The summed E-state index contributed by atoms with van der Waals surface area (Å²) in [6, 6.07) is 3.55. The normalized spacial score (nSPS) is 13.4.